The van der Waals surface area contributed by atoms with E-state index in [9.17, 15) is 0 Å². The maximum Gasteiger partial charge on any atom is 0.0740 e. The van der Waals surface area contributed by atoms with Gasteiger partial charge in [0, 0.05) is 21.8 Å². The second-order valence-corrected chi connectivity index (χ2v) is 6.28. The monoisotopic (exact) mass is 305 g/mol. The van der Waals surface area contributed by atoms with Gasteiger partial charge in [0.1, 0.15) is 0 Å². The summed E-state index contributed by atoms with van der Waals surface area (Å²) in [5, 5.41) is 2.15. The van der Waals surface area contributed by atoms with Crippen molar-refractivity contribution in [3.63, 3.8) is 0 Å². The number of hydrogen-bond acceptors (Lipinski definition) is 1. The molecule has 0 unspecified atom stereocenters. The fourth-order valence-electron chi connectivity index (χ4n) is 2.16. The molecule has 1 nitrogen and oxygen atoms in total. The minimum Gasteiger partial charge on any atom is -0.252 e. The van der Waals surface area contributed by atoms with Gasteiger partial charge in [-0.25, -0.2) is 0 Å². The van der Waals surface area contributed by atoms with Crippen molar-refractivity contribution in [2.75, 3.05) is 0 Å². The van der Waals surface area contributed by atoms with Crippen molar-refractivity contribution >= 4 is 26.8 Å². The van der Waals surface area contributed by atoms with E-state index in [0.717, 1.165) is 11.8 Å². The standard InChI is InChI=1S/C16H20BrN/c1-5-11-7-6-8-13-12(10-17)9-14(16(2,3)4)18-15(11)13/h6-9H,5,10H2,1-4H3. The number of hydrogen-bond donors (Lipinski definition) is 0. The molecule has 0 spiro atoms. The third-order valence-electron chi connectivity index (χ3n) is 3.30. The molecule has 0 saturated heterocycles. The Hall–Kier alpha value is -0.890. The lowest BCUT2D eigenvalue weighted by atomic mass is 9.89. The lowest BCUT2D eigenvalue weighted by Crippen LogP contribution is -2.14. The average Bonchev–Trinajstić information content (AvgIpc) is 2.35. The molecule has 96 valence electrons. The summed E-state index contributed by atoms with van der Waals surface area (Å²) in [7, 11) is 0. The summed E-state index contributed by atoms with van der Waals surface area (Å²) in [5.41, 5.74) is 5.10. The van der Waals surface area contributed by atoms with E-state index in [2.05, 4.69) is 67.9 Å². The first-order chi connectivity index (χ1) is 8.47. The van der Waals surface area contributed by atoms with Gasteiger partial charge >= 0.3 is 0 Å². The van der Waals surface area contributed by atoms with Crippen LogP contribution in [0.5, 0.6) is 0 Å². The summed E-state index contributed by atoms with van der Waals surface area (Å²) in [6, 6.07) is 8.71. The lowest BCUT2D eigenvalue weighted by Gasteiger charge is -2.20. The molecule has 2 aromatic rings. The smallest absolute Gasteiger partial charge is 0.0740 e. The van der Waals surface area contributed by atoms with E-state index in [0.29, 0.717) is 0 Å². The van der Waals surface area contributed by atoms with Crippen molar-refractivity contribution in [2.45, 2.75) is 44.9 Å². The summed E-state index contributed by atoms with van der Waals surface area (Å²) >= 11 is 3.60. The molecule has 0 bridgehead atoms. The molecule has 0 aliphatic heterocycles. The average molecular weight is 306 g/mol. The molecule has 1 aromatic carbocycles. The van der Waals surface area contributed by atoms with Gasteiger partial charge < -0.3 is 0 Å². The van der Waals surface area contributed by atoms with Gasteiger partial charge in [-0.15, -0.1) is 0 Å². The largest absolute Gasteiger partial charge is 0.252 e. The SMILES string of the molecule is CCc1cccc2c(CBr)cc(C(C)(C)C)nc12. The maximum absolute atomic E-state index is 4.91. The van der Waals surface area contributed by atoms with Gasteiger partial charge in [0.25, 0.3) is 0 Å². The molecule has 0 aliphatic carbocycles. The first-order valence-electron chi connectivity index (χ1n) is 6.45. The molecule has 0 radical (unpaired) electrons. The minimum absolute atomic E-state index is 0.0892. The summed E-state index contributed by atoms with van der Waals surface area (Å²) in [6.07, 6.45) is 1.03. The molecule has 0 N–H and O–H groups in total. The summed E-state index contributed by atoms with van der Waals surface area (Å²) in [5.74, 6) is 0. The molecular weight excluding hydrogens is 286 g/mol. The number of para-hydroxylation sites is 1. The van der Waals surface area contributed by atoms with Crippen molar-refractivity contribution in [2.24, 2.45) is 0 Å². The van der Waals surface area contributed by atoms with E-state index in [-0.39, 0.29) is 5.41 Å². The van der Waals surface area contributed by atoms with Crippen LogP contribution in [0.1, 0.15) is 44.5 Å². The summed E-state index contributed by atoms with van der Waals surface area (Å²) in [6.45, 7) is 8.84. The first kappa shape index (κ1) is 13.5. The van der Waals surface area contributed by atoms with Crippen LogP contribution in [0.3, 0.4) is 0 Å². The highest BCUT2D eigenvalue weighted by Crippen LogP contribution is 2.29. The lowest BCUT2D eigenvalue weighted by molar-refractivity contribution is 0.571. The quantitative estimate of drug-likeness (QED) is 0.712. The van der Waals surface area contributed by atoms with Crippen LogP contribution in [0.25, 0.3) is 10.9 Å². The Morgan fingerprint density at radius 1 is 1.17 bits per heavy atom. The Bertz CT molecular complexity index is 567. The molecule has 1 heterocycles. The molecule has 0 atom stereocenters. The minimum atomic E-state index is 0.0892. The highest BCUT2D eigenvalue weighted by Gasteiger charge is 2.18. The zero-order chi connectivity index (χ0) is 13.3. The van der Waals surface area contributed by atoms with Gasteiger partial charge in [-0.3, -0.25) is 4.98 Å². The number of benzene rings is 1. The van der Waals surface area contributed by atoms with Crippen LogP contribution >= 0.6 is 15.9 Å². The molecule has 2 rings (SSSR count). The molecule has 1 aromatic heterocycles. The van der Waals surface area contributed by atoms with E-state index in [1.165, 1.54) is 27.7 Å². The first-order valence-corrected chi connectivity index (χ1v) is 7.57. The van der Waals surface area contributed by atoms with Crippen LogP contribution in [-0.4, -0.2) is 4.98 Å². The third kappa shape index (κ3) is 2.44. The topological polar surface area (TPSA) is 12.9 Å². The zero-order valence-corrected chi connectivity index (χ0v) is 13.1. The Labute approximate surface area is 118 Å². The van der Waals surface area contributed by atoms with E-state index in [1.54, 1.807) is 0 Å². The van der Waals surface area contributed by atoms with Crippen molar-refractivity contribution < 1.29 is 0 Å². The number of rotatable bonds is 2. The Morgan fingerprint density at radius 3 is 2.44 bits per heavy atom. The van der Waals surface area contributed by atoms with Gasteiger partial charge in [0.2, 0.25) is 0 Å². The number of halogens is 1. The summed E-state index contributed by atoms with van der Waals surface area (Å²) in [4.78, 5) is 4.91. The van der Waals surface area contributed by atoms with Crippen LogP contribution in [-0.2, 0) is 17.2 Å². The molecule has 18 heavy (non-hydrogen) atoms. The van der Waals surface area contributed by atoms with E-state index >= 15 is 0 Å². The normalized spacial score (nSPS) is 12.1. The third-order valence-corrected chi connectivity index (χ3v) is 3.91. The molecule has 0 amide bonds. The number of pyridine rings is 1. The highest BCUT2D eigenvalue weighted by molar-refractivity contribution is 9.08. The fourth-order valence-corrected chi connectivity index (χ4v) is 2.62. The van der Waals surface area contributed by atoms with Crippen LogP contribution in [0, 0.1) is 0 Å². The predicted molar refractivity (Wildman–Crippen MR) is 82.5 cm³/mol. The number of nitrogens with zero attached hydrogens (tertiary/aromatic N) is 1. The van der Waals surface area contributed by atoms with Crippen LogP contribution in [0.2, 0.25) is 0 Å². The fraction of sp³-hybridized carbons (Fsp3) is 0.438. The maximum atomic E-state index is 4.91. The molecule has 0 fully saturated rings. The Kier molecular flexibility index (Phi) is 3.76. The molecular formula is C16H20BrN. The van der Waals surface area contributed by atoms with Gasteiger partial charge in [0.15, 0.2) is 0 Å². The Morgan fingerprint density at radius 2 is 1.89 bits per heavy atom. The van der Waals surface area contributed by atoms with Crippen LogP contribution in [0.15, 0.2) is 24.3 Å². The van der Waals surface area contributed by atoms with Crippen molar-refractivity contribution in [3.8, 4) is 0 Å². The molecule has 0 saturated carbocycles. The summed E-state index contributed by atoms with van der Waals surface area (Å²) < 4.78 is 0. The van der Waals surface area contributed by atoms with Crippen LogP contribution in [0.4, 0.5) is 0 Å². The van der Waals surface area contributed by atoms with E-state index in [4.69, 9.17) is 4.98 Å². The van der Waals surface area contributed by atoms with Crippen molar-refractivity contribution in [3.05, 3.63) is 41.1 Å². The van der Waals surface area contributed by atoms with E-state index < -0.39 is 0 Å². The number of aryl methyl sites for hydroxylation is 1. The zero-order valence-electron chi connectivity index (χ0n) is 11.5. The molecule has 2 heteroatoms. The second kappa shape index (κ2) is 5.00. The Balaban J connectivity index is 2.80. The van der Waals surface area contributed by atoms with Gasteiger partial charge in [-0.05, 0) is 23.6 Å². The van der Waals surface area contributed by atoms with E-state index in [1.807, 2.05) is 0 Å². The number of fused-ring (bicyclic) bond motifs is 1. The van der Waals surface area contributed by atoms with Gasteiger partial charge in [0.05, 0.1) is 5.52 Å². The van der Waals surface area contributed by atoms with Gasteiger partial charge in [-0.1, -0.05) is 61.8 Å². The van der Waals surface area contributed by atoms with Gasteiger partial charge in [-0.2, -0.15) is 0 Å². The number of alkyl halides is 1. The van der Waals surface area contributed by atoms with Crippen molar-refractivity contribution in [1.82, 2.24) is 4.98 Å². The second-order valence-electron chi connectivity index (χ2n) is 5.72. The molecule has 0 aliphatic rings. The van der Waals surface area contributed by atoms with Crippen LogP contribution < -0.4 is 0 Å². The highest BCUT2D eigenvalue weighted by atomic mass is 79.9. The predicted octanol–water partition coefficient (Wildman–Crippen LogP) is 4.99. The van der Waals surface area contributed by atoms with Crippen molar-refractivity contribution in [1.29, 1.82) is 0 Å². The number of aromatic nitrogens is 1.